The molecule has 0 aliphatic heterocycles. The average Bonchev–Trinajstić information content (AvgIpc) is 2.35. The van der Waals surface area contributed by atoms with Crippen molar-refractivity contribution < 1.29 is 5.11 Å². The lowest BCUT2D eigenvalue weighted by molar-refractivity contribution is 0.196. The third-order valence-electron chi connectivity index (χ3n) is 3.02. The van der Waals surface area contributed by atoms with Crippen molar-refractivity contribution in [2.75, 3.05) is 5.73 Å². The SMILES string of the molecule is CC(O)C(C)SCc1cc2ccccc2nc1N. The fourth-order valence-corrected chi connectivity index (χ4v) is 2.60. The zero-order chi connectivity index (χ0) is 13.1. The van der Waals surface area contributed by atoms with E-state index in [2.05, 4.69) is 11.1 Å². The molecule has 1 aromatic heterocycles. The Morgan fingerprint density at radius 3 is 2.78 bits per heavy atom. The van der Waals surface area contributed by atoms with Gasteiger partial charge in [0.25, 0.3) is 0 Å². The number of aliphatic hydroxyl groups is 1. The van der Waals surface area contributed by atoms with Gasteiger partial charge in [0.2, 0.25) is 0 Å². The minimum absolute atomic E-state index is 0.191. The summed E-state index contributed by atoms with van der Waals surface area (Å²) in [6, 6.07) is 10.0. The second-order valence-electron chi connectivity index (χ2n) is 4.48. The van der Waals surface area contributed by atoms with Gasteiger partial charge in [-0.25, -0.2) is 4.98 Å². The number of para-hydroxylation sites is 1. The molecule has 0 bridgehead atoms. The molecule has 0 fully saturated rings. The summed E-state index contributed by atoms with van der Waals surface area (Å²) in [5.41, 5.74) is 7.92. The molecule has 2 unspecified atom stereocenters. The first kappa shape index (κ1) is 13.2. The van der Waals surface area contributed by atoms with Gasteiger partial charge >= 0.3 is 0 Å². The first-order chi connectivity index (χ1) is 8.58. The van der Waals surface area contributed by atoms with Crippen LogP contribution in [0.3, 0.4) is 0 Å². The molecule has 4 heteroatoms. The Hall–Kier alpha value is -1.26. The first-order valence-corrected chi connectivity index (χ1v) is 7.06. The van der Waals surface area contributed by atoms with Crippen molar-refractivity contribution in [3.05, 3.63) is 35.9 Å². The van der Waals surface area contributed by atoms with E-state index < -0.39 is 0 Å². The van der Waals surface area contributed by atoms with E-state index in [1.165, 1.54) is 0 Å². The predicted octanol–water partition coefficient (Wildman–Crippen LogP) is 2.82. The number of aliphatic hydroxyl groups excluding tert-OH is 1. The number of aromatic nitrogens is 1. The van der Waals surface area contributed by atoms with Gasteiger partial charge in [-0.1, -0.05) is 25.1 Å². The highest BCUT2D eigenvalue weighted by Crippen LogP contribution is 2.25. The number of rotatable bonds is 4. The number of nitrogen functional groups attached to an aromatic ring is 1. The average molecular weight is 262 g/mol. The quantitative estimate of drug-likeness (QED) is 0.889. The molecule has 0 radical (unpaired) electrons. The molecule has 0 spiro atoms. The van der Waals surface area contributed by atoms with Crippen LogP contribution in [0.1, 0.15) is 19.4 Å². The van der Waals surface area contributed by atoms with Crippen LogP contribution in [0, 0.1) is 0 Å². The molecule has 96 valence electrons. The maximum atomic E-state index is 9.47. The van der Waals surface area contributed by atoms with E-state index in [1.54, 1.807) is 18.7 Å². The number of fused-ring (bicyclic) bond motifs is 1. The second-order valence-corrected chi connectivity index (χ2v) is 5.85. The van der Waals surface area contributed by atoms with Crippen LogP contribution in [0.5, 0.6) is 0 Å². The summed E-state index contributed by atoms with van der Waals surface area (Å²) >= 11 is 1.69. The summed E-state index contributed by atoms with van der Waals surface area (Å²) < 4.78 is 0. The summed E-state index contributed by atoms with van der Waals surface area (Å²) in [5, 5.41) is 10.8. The number of anilines is 1. The van der Waals surface area contributed by atoms with Gasteiger partial charge in [0, 0.05) is 22.0 Å². The van der Waals surface area contributed by atoms with Crippen LogP contribution in [0.15, 0.2) is 30.3 Å². The number of hydrogen-bond acceptors (Lipinski definition) is 4. The Kier molecular flexibility index (Phi) is 4.09. The normalized spacial score (nSPS) is 14.6. The highest BCUT2D eigenvalue weighted by atomic mass is 32.2. The number of pyridine rings is 1. The standard InChI is InChI=1S/C14H18N2OS/c1-9(17)10(2)18-8-12-7-11-5-3-4-6-13(11)16-14(12)15/h3-7,9-10,17H,8H2,1-2H3,(H2,15,16). The molecule has 2 atom stereocenters. The summed E-state index contributed by atoms with van der Waals surface area (Å²) in [5.74, 6) is 1.36. The van der Waals surface area contributed by atoms with Gasteiger partial charge < -0.3 is 10.8 Å². The third-order valence-corrected chi connectivity index (χ3v) is 4.41. The fraction of sp³-hybridized carbons (Fsp3) is 0.357. The van der Waals surface area contributed by atoms with Crippen LogP contribution < -0.4 is 5.73 Å². The molecule has 0 aliphatic rings. The van der Waals surface area contributed by atoms with Crippen molar-refractivity contribution in [3.63, 3.8) is 0 Å². The number of benzene rings is 1. The molecule has 2 rings (SSSR count). The van der Waals surface area contributed by atoms with E-state index in [0.29, 0.717) is 5.82 Å². The number of hydrogen-bond donors (Lipinski definition) is 2. The molecule has 3 nitrogen and oxygen atoms in total. The summed E-state index contributed by atoms with van der Waals surface area (Å²) in [7, 11) is 0. The summed E-state index contributed by atoms with van der Waals surface area (Å²) in [6.45, 7) is 3.82. The number of nitrogens with two attached hydrogens (primary N) is 1. The highest BCUT2D eigenvalue weighted by Gasteiger charge is 2.11. The van der Waals surface area contributed by atoms with E-state index >= 15 is 0 Å². The van der Waals surface area contributed by atoms with Crippen molar-refractivity contribution in [2.24, 2.45) is 0 Å². The smallest absolute Gasteiger partial charge is 0.128 e. The molecule has 0 amide bonds. The zero-order valence-corrected chi connectivity index (χ0v) is 11.4. The van der Waals surface area contributed by atoms with E-state index in [9.17, 15) is 5.11 Å². The Bertz CT molecular complexity index is 542. The molecule has 18 heavy (non-hydrogen) atoms. The predicted molar refractivity (Wildman–Crippen MR) is 78.6 cm³/mol. The van der Waals surface area contributed by atoms with Crippen LogP contribution in [0.25, 0.3) is 10.9 Å². The molecule has 3 N–H and O–H groups in total. The largest absolute Gasteiger partial charge is 0.392 e. The van der Waals surface area contributed by atoms with E-state index in [-0.39, 0.29) is 11.4 Å². The van der Waals surface area contributed by atoms with Crippen molar-refractivity contribution in [2.45, 2.75) is 31.0 Å². The lowest BCUT2D eigenvalue weighted by atomic mass is 10.1. The minimum Gasteiger partial charge on any atom is -0.392 e. The first-order valence-electron chi connectivity index (χ1n) is 6.01. The minimum atomic E-state index is -0.315. The Labute approximate surface area is 111 Å². The van der Waals surface area contributed by atoms with E-state index in [4.69, 9.17) is 5.73 Å². The lowest BCUT2D eigenvalue weighted by Crippen LogP contribution is -2.15. The van der Waals surface area contributed by atoms with Gasteiger partial charge in [-0.05, 0) is 19.1 Å². The molecule has 0 aliphatic carbocycles. The maximum Gasteiger partial charge on any atom is 0.128 e. The molecule has 0 saturated carbocycles. The molecular weight excluding hydrogens is 244 g/mol. The lowest BCUT2D eigenvalue weighted by Gasteiger charge is -2.14. The molecular formula is C14H18N2OS. The third kappa shape index (κ3) is 2.94. The second kappa shape index (κ2) is 5.59. The summed E-state index contributed by atoms with van der Waals surface area (Å²) in [6.07, 6.45) is -0.315. The van der Waals surface area contributed by atoms with E-state index in [0.717, 1.165) is 22.2 Å². The van der Waals surface area contributed by atoms with Gasteiger partial charge in [0.1, 0.15) is 5.82 Å². The Balaban J connectivity index is 2.20. The Morgan fingerprint density at radius 1 is 1.33 bits per heavy atom. The van der Waals surface area contributed by atoms with Gasteiger partial charge in [0.05, 0.1) is 11.6 Å². The van der Waals surface area contributed by atoms with Crippen LogP contribution in [0.4, 0.5) is 5.82 Å². The van der Waals surface area contributed by atoms with Crippen LogP contribution in [-0.4, -0.2) is 21.4 Å². The van der Waals surface area contributed by atoms with Gasteiger partial charge in [-0.15, -0.1) is 0 Å². The highest BCUT2D eigenvalue weighted by molar-refractivity contribution is 7.99. The van der Waals surface area contributed by atoms with Gasteiger partial charge in [-0.2, -0.15) is 11.8 Å². The van der Waals surface area contributed by atoms with Gasteiger partial charge in [-0.3, -0.25) is 0 Å². The van der Waals surface area contributed by atoms with Crippen molar-refractivity contribution in [1.29, 1.82) is 0 Å². The van der Waals surface area contributed by atoms with Crippen LogP contribution >= 0.6 is 11.8 Å². The molecule has 1 heterocycles. The Morgan fingerprint density at radius 2 is 2.06 bits per heavy atom. The zero-order valence-electron chi connectivity index (χ0n) is 10.6. The summed E-state index contributed by atoms with van der Waals surface area (Å²) in [4.78, 5) is 4.40. The molecule has 0 saturated heterocycles. The monoisotopic (exact) mass is 262 g/mol. The van der Waals surface area contributed by atoms with E-state index in [1.807, 2.05) is 31.2 Å². The molecule has 2 aromatic rings. The van der Waals surface area contributed by atoms with Gasteiger partial charge in [0.15, 0.2) is 0 Å². The van der Waals surface area contributed by atoms with Crippen molar-refractivity contribution in [3.8, 4) is 0 Å². The number of nitrogens with zero attached hydrogens (tertiary/aromatic N) is 1. The van der Waals surface area contributed by atoms with Crippen LogP contribution in [0.2, 0.25) is 0 Å². The topological polar surface area (TPSA) is 59.1 Å². The van der Waals surface area contributed by atoms with Crippen LogP contribution in [-0.2, 0) is 5.75 Å². The molecule has 1 aromatic carbocycles. The fourth-order valence-electron chi connectivity index (χ4n) is 1.65. The van der Waals surface area contributed by atoms with Crippen molar-refractivity contribution >= 4 is 28.5 Å². The number of thioether (sulfide) groups is 1. The maximum absolute atomic E-state index is 9.47. The van der Waals surface area contributed by atoms with Crippen molar-refractivity contribution in [1.82, 2.24) is 4.98 Å².